The number of hydrogen-bond acceptors (Lipinski definition) is 8. The van der Waals surface area contributed by atoms with Crippen LogP contribution in [0.1, 0.15) is 33.2 Å². The van der Waals surface area contributed by atoms with E-state index in [1.807, 2.05) is 0 Å². The second-order valence-corrected chi connectivity index (χ2v) is 5.48. The van der Waals surface area contributed by atoms with Crippen molar-refractivity contribution in [3.63, 3.8) is 0 Å². The van der Waals surface area contributed by atoms with Gasteiger partial charge >= 0.3 is 5.97 Å². The molecule has 0 bridgehead atoms. The predicted molar refractivity (Wildman–Crippen MR) is 101 cm³/mol. The Morgan fingerprint density at radius 1 is 0.857 bits per heavy atom. The van der Waals surface area contributed by atoms with Gasteiger partial charge in [-0.3, -0.25) is 4.79 Å². The molecule has 0 aromatic heterocycles. The first kappa shape index (κ1) is 21.5. The van der Waals surface area contributed by atoms with Crippen molar-refractivity contribution in [3.8, 4) is 0 Å². The second-order valence-electron chi connectivity index (χ2n) is 5.48. The molecule has 0 radical (unpaired) electrons. The summed E-state index contributed by atoms with van der Waals surface area (Å²) in [5, 5.41) is 19.0. The second kappa shape index (κ2) is 11.2. The molecule has 150 valence electrons. The van der Waals surface area contributed by atoms with Gasteiger partial charge in [0.25, 0.3) is 0 Å². The van der Waals surface area contributed by atoms with Crippen LogP contribution in [0.5, 0.6) is 0 Å². The lowest BCUT2D eigenvalue weighted by atomic mass is 9.97. The number of carbonyl (C=O) groups is 2. The Morgan fingerprint density at radius 3 is 1.96 bits per heavy atom. The SMILES string of the molecule is CCOC(=O)c1ccccc1C(=O)c1ccccc1N(OCCO)OCCO. The number of carbonyl (C=O) groups excluding carboxylic acids is 2. The van der Waals surface area contributed by atoms with Crippen molar-refractivity contribution in [1.29, 1.82) is 0 Å². The molecule has 2 rings (SSSR count). The monoisotopic (exact) mass is 389 g/mol. The minimum absolute atomic E-state index is 0.0760. The summed E-state index contributed by atoms with van der Waals surface area (Å²) < 4.78 is 5.03. The molecule has 2 aromatic rings. The zero-order chi connectivity index (χ0) is 20.4. The van der Waals surface area contributed by atoms with E-state index in [9.17, 15) is 9.59 Å². The number of para-hydroxylation sites is 1. The lowest BCUT2D eigenvalue weighted by Crippen LogP contribution is -2.28. The molecule has 8 nitrogen and oxygen atoms in total. The number of hydrogen-bond donors (Lipinski definition) is 2. The van der Waals surface area contributed by atoms with Gasteiger partial charge in [0.05, 0.1) is 30.9 Å². The average molecular weight is 389 g/mol. The van der Waals surface area contributed by atoms with Crippen molar-refractivity contribution in [2.45, 2.75) is 6.92 Å². The fraction of sp³-hybridized carbons (Fsp3) is 0.300. The third-order valence-electron chi connectivity index (χ3n) is 3.61. The molecule has 0 aliphatic heterocycles. The molecular weight excluding hydrogens is 366 g/mol. The van der Waals surface area contributed by atoms with Gasteiger partial charge in [0.2, 0.25) is 0 Å². The fourth-order valence-electron chi connectivity index (χ4n) is 2.46. The van der Waals surface area contributed by atoms with E-state index in [2.05, 4.69) is 0 Å². The summed E-state index contributed by atoms with van der Waals surface area (Å²) in [7, 11) is 0. The molecule has 0 aliphatic rings. The number of rotatable bonds is 11. The molecule has 0 aliphatic carbocycles. The summed E-state index contributed by atoms with van der Waals surface area (Å²) in [6.07, 6.45) is 0. The summed E-state index contributed by atoms with van der Waals surface area (Å²) in [6, 6.07) is 12.9. The Morgan fingerprint density at radius 2 is 1.39 bits per heavy atom. The van der Waals surface area contributed by atoms with Crippen molar-refractivity contribution in [1.82, 2.24) is 0 Å². The third kappa shape index (κ3) is 5.37. The molecule has 28 heavy (non-hydrogen) atoms. The highest BCUT2D eigenvalue weighted by Crippen LogP contribution is 2.25. The van der Waals surface area contributed by atoms with Gasteiger partial charge in [0, 0.05) is 5.56 Å². The molecule has 0 heterocycles. The number of anilines is 1. The van der Waals surface area contributed by atoms with E-state index in [4.69, 9.17) is 24.6 Å². The summed E-state index contributed by atoms with van der Waals surface area (Å²) in [4.78, 5) is 36.1. The van der Waals surface area contributed by atoms with Crippen LogP contribution < -0.4 is 5.23 Å². The van der Waals surface area contributed by atoms with Gasteiger partial charge in [-0.15, -0.1) is 5.23 Å². The largest absolute Gasteiger partial charge is 0.462 e. The quantitative estimate of drug-likeness (QED) is 0.340. The van der Waals surface area contributed by atoms with Crippen LogP contribution in [0.4, 0.5) is 5.69 Å². The highest BCUT2D eigenvalue weighted by molar-refractivity contribution is 6.16. The van der Waals surface area contributed by atoms with E-state index in [0.29, 0.717) is 0 Å². The zero-order valence-electron chi connectivity index (χ0n) is 15.5. The minimum atomic E-state index is -0.589. The molecule has 0 unspecified atom stereocenters. The van der Waals surface area contributed by atoms with Crippen LogP contribution in [-0.2, 0) is 14.4 Å². The Hall–Kier alpha value is -2.78. The normalized spacial score (nSPS) is 10.5. The van der Waals surface area contributed by atoms with E-state index in [1.165, 1.54) is 6.07 Å². The van der Waals surface area contributed by atoms with Gasteiger partial charge in [-0.25, -0.2) is 14.5 Å². The molecule has 2 aromatic carbocycles. The van der Waals surface area contributed by atoms with Gasteiger partial charge in [0.1, 0.15) is 18.9 Å². The average Bonchev–Trinajstić information content (AvgIpc) is 2.73. The lowest BCUT2D eigenvalue weighted by molar-refractivity contribution is -0.103. The molecule has 0 spiro atoms. The number of aliphatic hydroxyl groups excluding tert-OH is 2. The Labute approximate surface area is 162 Å². The van der Waals surface area contributed by atoms with Crippen LogP contribution in [0.2, 0.25) is 0 Å². The molecule has 0 fully saturated rings. The number of ketones is 1. The molecule has 0 atom stereocenters. The standard InChI is InChI=1S/C20H23NO7/c1-2-26-20(25)16-8-4-3-7-15(16)19(24)17-9-5-6-10-18(17)21(27-13-11-22)28-14-12-23/h3-10,22-23H,2,11-14H2,1H3. The summed E-state index contributed by atoms with van der Waals surface area (Å²) in [5.41, 5.74) is 0.823. The van der Waals surface area contributed by atoms with Crippen LogP contribution in [0.3, 0.4) is 0 Å². The highest BCUT2D eigenvalue weighted by atomic mass is 16.9. The van der Waals surface area contributed by atoms with Crippen LogP contribution >= 0.6 is 0 Å². The van der Waals surface area contributed by atoms with Crippen molar-refractivity contribution in [2.75, 3.05) is 38.3 Å². The lowest BCUT2D eigenvalue weighted by Gasteiger charge is -2.24. The summed E-state index contributed by atoms with van der Waals surface area (Å²) in [5.74, 6) is -1.02. The highest BCUT2D eigenvalue weighted by Gasteiger charge is 2.23. The van der Waals surface area contributed by atoms with Crippen molar-refractivity contribution in [2.24, 2.45) is 0 Å². The first-order valence-corrected chi connectivity index (χ1v) is 8.81. The van der Waals surface area contributed by atoms with Crippen LogP contribution in [0.15, 0.2) is 48.5 Å². The molecule has 0 saturated heterocycles. The Bertz CT molecular complexity index is 786. The number of benzene rings is 2. The first-order valence-electron chi connectivity index (χ1n) is 8.81. The molecular formula is C20H23NO7. The summed E-state index contributed by atoms with van der Waals surface area (Å²) in [6.45, 7) is 1.20. The van der Waals surface area contributed by atoms with Crippen molar-refractivity contribution in [3.05, 3.63) is 65.2 Å². The van der Waals surface area contributed by atoms with Gasteiger partial charge < -0.3 is 14.9 Å². The summed E-state index contributed by atoms with van der Waals surface area (Å²) >= 11 is 0. The van der Waals surface area contributed by atoms with Gasteiger partial charge in [0.15, 0.2) is 5.78 Å². The maximum absolute atomic E-state index is 13.2. The van der Waals surface area contributed by atoms with Crippen LogP contribution in [0.25, 0.3) is 0 Å². The van der Waals surface area contributed by atoms with E-state index in [1.54, 1.807) is 49.4 Å². The smallest absolute Gasteiger partial charge is 0.338 e. The Kier molecular flexibility index (Phi) is 8.57. The molecule has 0 saturated carbocycles. The van der Waals surface area contributed by atoms with Gasteiger partial charge in [-0.05, 0) is 25.1 Å². The molecule has 2 N–H and O–H groups in total. The number of esters is 1. The maximum atomic E-state index is 13.2. The van der Waals surface area contributed by atoms with Crippen molar-refractivity contribution < 1.29 is 34.2 Å². The minimum Gasteiger partial charge on any atom is -0.462 e. The maximum Gasteiger partial charge on any atom is 0.338 e. The van der Waals surface area contributed by atoms with Crippen LogP contribution in [-0.4, -0.2) is 55.0 Å². The topological polar surface area (TPSA) is 106 Å². The van der Waals surface area contributed by atoms with Gasteiger partial charge in [-0.1, -0.05) is 30.3 Å². The van der Waals surface area contributed by atoms with Gasteiger partial charge in [-0.2, -0.15) is 0 Å². The first-order chi connectivity index (χ1) is 13.6. The van der Waals surface area contributed by atoms with E-state index >= 15 is 0 Å². The van der Waals surface area contributed by atoms with E-state index in [0.717, 1.165) is 5.23 Å². The molecule has 8 heteroatoms. The van der Waals surface area contributed by atoms with Crippen LogP contribution in [0, 0.1) is 0 Å². The number of aliphatic hydroxyl groups is 2. The number of ether oxygens (including phenoxy) is 1. The third-order valence-corrected chi connectivity index (χ3v) is 3.61. The Balaban J connectivity index is 2.43. The van der Waals surface area contributed by atoms with E-state index < -0.39 is 11.8 Å². The molecule has 0 amide bonds. The number of nitrogens with zero attached hydrogens (tertiary/aromatic N) is 1. The van der Waals surface area contributed by atoms with Crippen molar-refractivity contribution >= 4 is 17.4 Å². The van der Waals surface area contributed by atoms with E-state index in [-0.39, 0.29) is 55.4 Å². The fourth-order valence-corrected chi connectivity index (χ4v) is 2.46. The zero-order valence-corrected chi connectivity index (χ0v) is 15.5. The predicted octanol–water partition coefficient (Wildman–Crippen LogP) is 1.75.